The fourth-order valence-electron chi connectivity index (χ4n) is 5.54. The van der Waals surface area contributed by atoms with E-state index in [2.05, 4.69) is 47.7 Å². The molecule has 2 aliphatic heterocycles. The van der Waals surface area contributed by atoms with Gasteiger partial charge in [-0.25, -0.2) is 4.99 Å². The van der Waals surface area contributed by atoms with Crippen LogP contribution in [0.5, 0.6) is 0 Å². The quantitative estimate of drug-likeness (QED) is 0.561. The molecule has 0 saturated heterocycles. The minimum Gasteiger partial charge on any atom is -0.370 e. The van der Waals surface area contributed by atoms with Gasteiger partial charge in [0.1, 0.15) is 0 Å². The molecule has 2 amide bonds. The van der Waals surface area contributed by atoms with Crippen LogP contribution in [0, 0.1) is 12.8 Å². The first-order valence-electron chi connectivity index (χ1n) is 13.2. The van der Waals surface area contributed by atoms with Crippen molar-refractivity contribution in [1.29, 1.82) is 0 Å². The number of nitrogens with one attached hydrogen (secondary N) is 2. The molecule has 37 heavy (non-hydrogen) atoms. The van der Waals surface area contributed by atoms with Crippen LogP contribution in [0.25, 0.3) is 0 Å². The maximum absolute atomic E-state index is 12.8. The first kappa shape index (κ1) is 27.0. The number of benzene rings is 2. The Kier molecular flexibility index (Phi) is 8.17. The number of nitrogens with two attached hydrogens (primary N) is 1. The summed E-state index contributed by atoms with van der Waals surface area (Å²) in [5, 5.41) is 5.72. The zero-order valence-corrected chi connectivity index (χ0v) is 23.0. The third-order valence-electron chi connectivity index (χ3n) is 7.81. The van der Waals surface area contributed by atoms with Gasteiger partial charge in [-0.2, -0.15) is 0 Å². The zero-order valence-electron chi connectivity index (χ0n) is 22.2. The van der Waals surface area contributed by atoms with Gasteiger partial charge in [-0.15, -0.1) is 0 Å². The van der Waals surface area contributed by atoms with Crippen molar-refractivity contribution < 1.29 is 13.8 Å². The average Bonchev–Trinajstić information content (AvgIpc) is 3.17. The molecule has 3 aliphatic rings. The van der Waals surface area contributed by atoms with Crippen LogP contribution in [0.3, 0.4) is 0 Å². The molecule has 0 spiro atoms. The Morgan fingerprint density at radius 2 is 1.95 bits per heavy atom. The number of guanidine groups is 1. The second kappa shape index (κ2) is 11.2. The number of fused-ring (bicyclic) bond motifs is 2. The molecule has 0 bridgehead atoms. The van der Waals surface area contributed by atoms with E-state index in [1.165, 1.54) is 16.7 Å². The van der Waals surface area contributed by atoms with Crippen molar-refractivity contribution in [1.82, 2.24) is 10.6 Å². The molecule has 2 heterocycles. The highest BCUT2D eigenvalue weighted by Gasteiger charge is 2.33. The molecule has 3 atom stereocenters. The van der Waals surface area contributed by atoms with E-state index < -0.39 is 10.8 Å². The van der Waals surface area contributed by atoms with Crippen LogP contribution >= 0.6 is 0 Å². The largest absolute Gasteiger partial charge is 0.370 e. The molecule has 4 N–H and O–H groups in total. The Bertz CT molecular complexity index is 1250. The van der Waals surface area contributed by atoms with Gasteiger partial charge in [-0.1, -0.05) is 44.5 Å². The van der Waals surface area contributed by atoms with Gasteiger partial charge in [0.2, 0.25) is 5.91 Å². The number of hydrogen-bond donors (Lipinski definition) is 3. The fourth-order valence-corrected chi connectivity index (χ4v) is 6.84. The van der Waals surface area contributed by atoms with Gasteiger partial charge in [0.15, 0.2) is 5.96 Å². The smallest absolute Gasteiger partial charge is 0.251 e. The summed E-state index contributed by atoms with van der Waals surface area (Å²) in [7, 11) is -0.910. The third-order valence-corrected chi connectivity index (χ3v) is 9.35. The highest BCUT2D eigenvalue weighted by atomic mass is 32.2. The minimum absolute atomic E-state index is 0.0220. The summed E-state index contributed by atoms with van der Waals surface area (Å²) >= 11 is 0. The van der Waals surface area contributed by atoms with E-state index in [9.17, 15) is 13.8 Å². The van der Waals surface area contributed by atoms with Crippen LogP contribution in [0.2, 0.25) is 0 Å². The molecule has 3 unspecified atom stereocenters. The summed E-state index contributed by atoms with van der Waals surface area (Å²) in [5.74, 6) is 1.32. The van der Waals surface area contributed by atoms with Crippen molar-refractivity contribution in [2.24, 2.45) is 16.6 Å². The number of aliphatic imine (C=N–C) groups is 1. The molecular weight excluding hydrogens is 484 g/mol. The van der Waals surface area contributed by atoms with Crippen molar-refractivity contribution in [2.75, 3.05) is 5.75 Å². The number of carbonyl (C=O) groups is 2. The standard InChI is InChI=1S/C21H23NO2S.C8H15N3O/c1-13-5-7-18-17(10-13)11-14(2)20(18)22-21(23)16-6-8-19-15(12-16)4-3-9-25(19)24;1-3-8(4-2)5-6(12)10-7(9)11-8/h5-8,10,12,14,20H,3-4,9,11H2,1-2H3,(H,22,23);3-5H2,1-2H3,(H3,9,10,11,12). The summed E-state index contributed by atoms with van der Waals surface area (Å²) in [6.07, 6.45) is 5.02. The van der Waals surface area contributed by atoms with E-state index in [0.717, 1.165) is 48.3 Å². The number of hydrogen-bond acceptors (Lipinski definition) is 5. The topological polar surface area (TPSA) is 114 Å². The van der Waals surface area contributed by atoms with E-state index in [0.29, 0.717) is 17.9 Å². The van der Waals surface area contributed by atoms with E-state index in [-0.39, 0.29) is 29.4 Å². The summed E-state index contributed by atoms with van der Waals surface area (Å²) in [6, 6.07) is 12.2. The number of rotatable bonds is 4. The Morgan fingerprint density at radius 1 is 1.19 bits per heavy atom. The maximum atomic E-state index is 12.8. The summed E-state index contributed by atoms with van der Waals surface area (Å²) < 4.78 is 12.1. The van der Waals surface area contributed by atoms with Gasteiger partial charge in [-0.05, 0) is 79.8 Å². The Labute approximate surface area is 222 Å². The van der Waals surface area contributed by atoms with E-state index in [4.69, 9.17) is 5.73 Å². The molecule has 5 rings (SSSR count). The molecule has 0 radical (unpaired) electrons. The van der Waals surface area contributed by atoms with Crippen molar-refractivity contribution in [3.8, 4) is 0 Å². The van der Waals surface area contributed by atoms with E-state index >= 15 is 0 Å². The average molecular weight is 523 g/mol. The predicted molar refractivity (Wildman–Crippen MR) is 148 cm³/mol. The maximum Gasteiger partial charge on any atom is 0.251 e. The van der Waals surface area contributed by atoms with Gasteiger partial charge in [0, 0.05) is 16.2 Å². The predicted octanol–water partition coefficient (Wildman–Crippen LogP) is 4.09. The van der Waals surface area contributed by atoms with Gasteiger partial charge in [-0.3, -0.25) is 19.1 Å². The van der Waals surface area contributed by atoms with Gasteiger partial charge in [0.05, 0.1) is 28.8 Å². The molecular formula is C29H38N4O3S. The van der Waals surface area contributed by atoms with E-state index in [1.54, 1.807) is 0 Å². The van der Waals surface area contributed by atoms with Crippen molar-refractivity contribution in [2.45, 2.75) is 82.7 Å². The van der Waals surface area contributed by atoms with Gasteiger partial charge < -0.3 is 11.1 Å². The van der Waals surface area contributed by atoms with Gasteiger partial charge >= 0.3 is 0 Å². The van der Waals surface area contributed by atoms with E-state index in [1.807, 2.05) is 32.0 Å². The number of nitrogens with zero attached hydrogens (tertiary/aromatic N) is 1. The zero-order chi connectivity index (χ0) is 26.7. The van der Waals surface area contributed by atoms with Crippen molar-refractivity contribution in [3.05, 3.63) is 64.2 Å². The molecule has 0 aromatic heterocycles. The van der Waals surface area contributed by atoms with Crippen LogP contribution in [0.1, 0.15) is 85.1 Å². The first-order valence-corrected chi connectivity index (χ1v) is 14.5. The fraction of sp³-hybridized carbons (Fsp3) is 0.483. The lowest BCUT2D eigenvalue weighted by Gasteiger charge is -2.30. The second-order valence-corrected chi connectivity index (χ2v) is 12.0. The number of carbonyl (C=O) groups excluding carboxylic acids is 2. The van der Waals surface area contributed by atoms with Crippen molar-refractivity contribution >= 4 is 28.6 Å². The summed E-state index contributed by atoms with van der Waals surface area (Å²) in [6.45, 7) is 8.35. The lowest BCUT2D eigenvalue weighted by atomic mass is 9.88. The molecule has 2 aromatic rings. The highest BCUT2D eigenvalue weighted by molar-refractivity contribution is 7.85. The van der Waals surface area contributed by atoms with Crippen LogP contribution in [0.4, 0.5) is 0 Å². The molecule has 2 aromatic carbocycles. The second-order valence-electron chi connectivity index (χ2n) is 10.5. The number of aryl methyl sites for hydroxylation is 2. The number of amides is 2. The monoisotopic (exact) mass is 522 g/mol. The first-order chi connectivity index (χ1) is 17.6. The molecule has 198 valence electrons. The Balaban J connectivity index is 0.000000225. The van der Waals surface area contributed by atoms with Crippen molar-refractivity contribution in [3.63, 3.8) is 0 Å². The highest BCUT2D eigenvalue weighted by Crippen LogP contribution is 2.36. The van der Waals surface area contributed by atoms with Crippen LogP contribution in [-0.2, 0) is 28.4 Å². The molecule has 7 nitrogen and oxygen atoms in total. The third kappa shape index (κ3) is 5.95. The summed E-state index contributed by atoms with van der Waals surface area (Å²) in [4.78, 5) is 29.1. The molecule has 1 aliphatic carbocycles. The molecule has 0 fully saturated rings. The molecule has 0 saturated carbocycles. The lowest BCUT2D eigenvalue weighted by molar-refractivity contribution is -0.121. The Hall–Kier alpha value is -3.00. The molecule has 8 heteroatoms. The summed E-state index contributed by atoms with van der Waals surface area (Å²) in [5.41, 5.74) is 10.8. The van der Waals surface area contributed by atoms with Crippen LogP contribution in [-0.4, -0.2) is 33.3 Å². The van der Waals surface area contributed by atoms with Gasteiger partial charge in [0.25, 0.3) is 5.91 Å². The lowest BCUT2D eigenvalue weighted by Crippen LogP contribution is -2.48. The SMILES string of the molecule is CCC1(CC)CC(=O)NC(N)=N1.Cc1ccc2c(c1)CC(C)C2NC(=O)c1ccc2c(c1)CCCS2=O. The normalized spacial score (nSPS) is 23.5. The Morgan fingerprint density at radius 3 is 2.65 bits per heavy atom. The van der Waals surface area contributed by atoms with Crippen LogP contribution < -0.4 is 16.4 Å². The van der Waals surface area contributed by atoms with Crippen LogP contribution in [0.15, 0.2) is 46.3 Å². The minimum atomic E-state index is -0.910.